The van der Waals surface area contributed by atoms with E-state index in [9.17, 15) is 0 Å². The maximum Gasteiger partial charge on any atom is 0.247 e. The second-order valence-electron chi connectivity index (χ2n) is 4.75. The van der Waals surface area contributed by atoms with E-state index in [-0.39, 0.29) is 0 Å². The topological polar surface area (TPSA) is 67.9 Å². The standard InChI is InChI=1S/C14H15N5OS/c1-10-15-17-13(21-10)9-19(2)8-12-16-18-14(20-12)11-6-4-3-5-7-11/h3-7H,8-9H2,1-2H3. The van der Waals surface area contributed by atoms with Gasteiger partial charge in [-0.15, -0.1) is 31.7 Å². The third-order valence-electron chi connectivity index (χ3n) is 2.87. The van der Waals surface area contributed by atoms with Crippen molar-refractivity contribution in [3.63, 3.8) is 0 Å². The van der Waals surface area contributed by atoms with Crippen LogP contribution in [-0.4, -0.2) is 32.3 Å². The predicted molar refractivity (Wildman–Crippen MR) is 79.6 cm³/mol. The van der Waals surface area contributed by atoms with E-state index in [1.165, 1.54) is 0 Å². The molecule has 0 N–H and O–H groups in total. The molecule has 1 aromatic carbocycles. The normalized spacial score (nSPS) is 11.2. The highest BCUT2D eigenvalue weighted by Crippen LogP contribution is 2.18. The molecule has 0 fully saturated rings. The lowest BCUT2D eigenvalue weighted by atomic mass is 10.2. The summed E-state index contributed by atoms with van der Waals surface area (Å²) >= 11 is 1.60. The van der Waals surface area contributed by atoms with Gasteiger partial charge in [0.1, 0.15) is 10.0 Å². The molecule has 0 amide bonds. The second kappa shape index (κ2) is 6.11. The van der Waals surface area contributed by atoms with Crippen molar-refractivity contribution in [2.75, 3.05) is 7.05 Å². The van der Waals surface area contributed by atoms with Crippen LogP contribution >= 0.6 is 11.3 Å². The summed E-state index contributed by atoms with van der Waals surface area (Å²) in [6, 6.07) is 9.75. The average Bonchev–Trinajstić information content (AvgIpc) is 3.09. The lowest BCUT2D eigenvalue weighted by Gasteiger charge is -2.11. The molecule has 3 rings (SSSR count). The Morgan fingerprint density at radius 3 is 2.57 bits per heavy atom. The SMILES string of the molecule is Cc1nnc(CN(C)Cc2nnc(-c3ccccc3)o2)s1. The van der Waals surface area contributed by atoms with Crippen molar-refractivity contribution < 1.29 is 4.42 Å². The highest BCUT2D eigenvalue weighted by molar-refractivity contribution is 7.11. The molecule has 7 heteroatoms. The maximum absolute atomic E-state index is 5.69. The van der Waals surface area contributed by atoms with Crippen LogP contribution in [0.3, 0.4) is 0 Å². The molecule has 0 bridgehead atoms. The lowest BCUT2D eigenvalue weighted by molar-refractivity contribution is 0.282. The average molecular weight is 301 g/mol. The van der Waals surface area contributed by atoms with Crippen molar-refractivity contribution in [2.24, 2.45) is 0 Å². The largest absolute Gasteiger partial charge is 0.419 e. The second-order valence-corrected chi connectivity index (χ2v) is 6.02. The maximum atomic E-state index is 5.69. The van der Waals surface area contributed by atoms with Crippen molar-refractivity contribution >= 4 is 11.3 Å². The molecular formula is C14H15N5OS. The van der Waals surface area contributed by atoms with Crippen LogP contribution in [0.2, 0.25) is 0 Å². The third-order valence-corrected chi connectivity index (χ3v) is 3.69. The first-order valence-corrected chi connectivity index (χ1v) is 7.37. The molecule has 0 spiro atoms. The zero-order valence-corrected chi connectivity index (χ0v) is 12.7. The molecular weight excluding hydrogens is 286 g/mol. The Morgan fingerprint density at radius 1 is 1.05 bits per heavy atom. The molecule has 0 saturated carbocycles. The molecule has 0 saturated heterocycles. The summed E-state index contributed by atoms with van der Waals surface area (Å²) in [7, 11) is 1.99. The fraction of sp³-hybridized carbons (Fsp3) is 0.286. The number of hydrogen-bond donors (Lipinski definition) is 0. The van der Waals surface area contributed by atoms with E-state index in [0.717, 1.165) is 15.6 Å². The van der Waals surface area contributed by atoms with Gasteiger partial charge in [-0.2, -0.15) is 0 Å². The van der Waals surface area contributed by atoms with Gasteiger partial charge in [0.25, 0.3) is 0 Å². The van der Waals surface area contributed by atoms with Gasteiger partial charge in [0.2, 0.25) is 11.8 Å². The summed E-state index contributed by atoms with van der Waals surface area (Å²) < 4.78 is 5.69. The monoisotopic (exact) mass is 301 g/mol. The molecule has 0 radical (unpaired) electrons. The molecule has 108 valence electrons. The number of aryl methyl sites for hydroxylation is 1. The fourth-order valence-electron chi connectivity index (χ4n) is 1.93. The van der Waals surface area contributed by atoms with E-state index in [2.05, 4.69) is 25.3 Å². The number of nitrogens with zero attached hydrogens (tertiary/aromatic N) is 5. The highest BCUT2D eigenvalue weighted by atomic mass is 32.1. The highest BCUT2D eigenvalue weighted by Gasteiger charge is 2.12. The van der Waals surface area contributed by atoms with E-state index in [4.69, 9.17) is 4.42 Å². The van der Waals surface area contributed by atoms with Crippen molar-refractivity contribution in [3.8, 4) is 11.5 Å². The van der Waals surface area contributed by atoms with Gasteiger partial charge in [0, 0.05) is 5.56 Å². The molecule has 0 atom stereocenters. The molecule has 0 unspecified atom stereocenters. The number of hydrogen-bond acceptors (Lipinski definition) is 7. The van der Waals surface area contributed by atoms with E-state index in [0.29, 0.717) is 24.9 Å². The molecule has 3 aromatic rings. The minimum Gasteiger partial charge on any atom is -0.419 e. The van der Waals surface area contributed by atoms with Crippen molar-refractivity contribution in [1.29, 1.82) is 0 Å². The van der Waals surface area contributed by atoms with Crippen molar-refractivity contribution in [1.82, 2.24) is 25.3 Å². The Morgan fingerprint density at radius 2 is 1.86 bits per heavy atom. The van der Waals surface area contributed by atoms with Crippen molar-refractivity contribution in [3.05, 3.63) is 46.2 Å². The first-order chi connectivity index (χ1) is 10.2. The minimum atomic E-state index is 0.547. The van der Waals surface area contributed by atoms with Gasteiger partial charge >= 0.3 is 0 Å². The van der Waals surface area contributed by atoms with Crippen LogP contribution in [0.4, 0.5) is 0 Å². The smallest absolute Gasteiger partial charge is 0.247 e. The molecule has 0 aliphatic heterocycles. The minimum absolute atomic E-state index is 0.547. The predicted octanol–water partition coefficient (Wildman–Crippen LogP) is 2.53. The zero-order valence-electron chi connectivity index (χ0n) is 11.9. The summed E-state index contributed by atoms with van der Waals surface area (Å²) in [5.74, 6) is 1.14. The molecule has 6 nitrogen and oxygen atoms in total. The first-order valence-electron chi connectivity index (χ1n) is 6.56. The number of rotatable bonds is 5. The van der Waals surface area contributed by atoms with Gasteiger partial charge in [-0.05, 0) is 26.1 Å². The van der Waals surface area contributed by atoms with Gasteiger partial charge in [0.05, 0.1) is 13.1 Å². The lowest BCUT2D eigenvalue weighted by Crippen LogP contribution is -2.17. The van der Waals surface area contributed by atoms with Crippen molar-refractivity contribution in [2.45, 2.75) is 20.0 Å². The first kappa shape index (κ1) is 13.8. The molecule has 2 heterocycles. The van der Waals surface area contributed by atoms with Crippen LogP contribution in [-0.2, 0) is 13.1 Å². The fourth-order valence-corrected chi connectivity index (χ4v) is 2.72. The van der Waals surface area contributed by atoms with Gasteiger partial charge in [-0.1, -0.05) is 18.2 Å². The Labute approximate surface area is 126 Å². The van der Waals surface area contributed by atoms with E-state index in [1.54, 1.807) is 11.3 Å². The van der Waals surface area contributed by atoms with Crippen LogP contribution in [0.5, 0.6) is 0 Å². The number of benzene rings is 1. The quantitative estimate of drug-likeness (QED) is 0.721. The Hall–Kier alpha value is -2.12. The summed E-state index contributed by atoms with van der Waals surface area (Å²) in [4.78, 5) is 2.07. The summed E-state index contributed by atoms with van der Waals surface area (Å²) in [6.45, 7) is 3.25. The van der Waals surface area contributed by atoms with Crippen LogP contribution in [0, 0.1) is 6.92 Å². The van der Waals surface area contributed by atoms with Gasteiger partial charge in [0.15, 0.2) is 0 Å². The van der Waals surface area contributed by atoms with Crippen LogP contribution in [0.15, 0.2) is 34.7 Å². The summed E-state index contributed by atoms with van der Waals surface area (Å²) in [5, 5.41) is 18.3. The molecule has 21 heavy (non-hydrogen) atoms. The van der Waals surface area contributed by atoms with Gasteiger partial charge in [-0.25, -0.2) is 0 Å². The van der Waals surface area contributed by atoms with Gasteiger partial charge < -0.3 is 4.42 Å². The Bertz CT molecular complexity index is 709. The van der Waals surface area contributed by atoms with Crippen LogP contribution < -0.4 is 0 Å². The van der Waals surface area contributed by atoms with Gasteiger partial charge in [-0.3, -0.25) is 4.90 Å². The van der Waals surface area contributed by atoms with Crippen LogP contribution in [0.1, 0.15) is 15.9 Å². The van der Waals surface area contributed by atoms with E-state index < -0.39 is 0 Å². The zero-order chi connectivity index (χ0) is 14.7. The molecule has 0 aliphatic rings. The van der Waals surface area contributed by atoms with Crippen LogP contribution in [0.25, 0.3) is 11.5 Å². The summed E-state index contributed by atoms with van der Waals surface area (Å²) in [5.41, 5.74) is 0.929. The third kappa shape index (κ3) is 3.50. The molecule has 2 aromatic heterocycles. The Balaban J connectivity index is 1.64. The van der Waals surface area contributed by atoms with E-state index >= 15 is 0 Å². The van der Waals surface area contributed by atoms with E-state index in [1.807, 2.05) is 44.3 Å². The Kier molecular flexibility index (Phi) is 4.03. The summed E-state index contributed by atoms with van der Waals surface area (Å²) in [6.07, 6.45) is 0. The number of aromatic nitrogens is 4. The molecule has 0 aliphatic carbocycles.